The van der Waals surface area contributed by atoms with Gasteiger partial charge in [-0.2, -0.15) is 0 Å². The Hall–Kier alpha value is -3.15. The van der Waals surface area contributed by atoms with E-state index in [1.165, 1.54) is 0 Å². The summed E-state index contributed by atoms with van der Waals surface area (Å²) in [6.07, 6.45) is 4.74. The molecule has 2 N–H and O–H groups in total. The van der Waals surface area contributed by atoms with E-state index in [0.29, 0.717) is 17.1 Å². The van der Waals surface area contributed by atoms with E-state index in [-0.39, 0.29) is 12.6 Å². The van der Waals surface area contributed by atoms with Crippen molar-refractivity contribution in [2.45, 2.75) is 6.54 Å². The highest BCUT2D eigenvalue weighted by Gasteiger charge is 2.11. The van der Waals surface area contributed by atoms with E-state index in [1.807, 2.05) is 30.3 Å². The molecule has 0 unspecified atom stereocenters. The molecular weight excluding hydrogens is 280 g/mol. The van der Waals surface area contributed by atoms with Crippen LogP contribution in [0.5, 0.6) is 0 Å². The molecule has 2 heterocycles. The van der Waals surface area contributed by atoms with E-state index >= 15 is 0 Å². The van der Waals surface area contributed by atoms with E-state index in [4.69, 9.17) is 4.42 Å². The maximum Gasteiger partial charge on any atom is 0.319 e. The number of rotatable bonds is 4. The lowest BCUT2D eigenvalue weighted by atomic mass is 10.2. The minimum Gasteiger partial charge on any atom is -0.463 e. The number of nitrogens with one attached hydrogen (secondary N) is 2. The molecule has 6 nitrogen and oxygen atoms in total. The SMILES string of the molecule is O=C(NCc1nccnc1-c1ccco1)Nc1ccccc1. The molecule has 0 saturated carbocycles. The van der Waals surface area contributed by atoms with E-state index in [2.05, 4.69) is 20.6 Å². The van der Waals surface area contributed by atoms with Crippen LogP contribution in [0.2, 0.25) is 0 Å². The first kappa shape index (κ1) is 13.8. The summed E-state index contributed by atoms with van der Waals surface area (Å²) < 4.78 is 5.33. The molecule has 0 radical (unpaired) electrons. The Balaban J connectivity index is 1.66. The van der Waals surface area contributed by atoms with Crippen LogP contribution in [-0.2, 0) is 6.54 Å². The summed E-state index contributed by atoms with van der Waals surface area (Å²) in [7, 11) is 0. The molecule has 2 aromatic heterocycles. The molecule has 0 saturated heterocycles. The number of aromatic nitrogens is 2. The second-order valence-electron chi connectivity index (χ2n) is 4.50. The van der Waals surface area contributed by atoms with Crippen molar-refractivity contribution in [2.75, 3.05) is 5.32 Å². The van der Waals surface area contributed by atoms with E-state index in [0.717, 1.165) is 5.69 Å². The summed E-state index contributed by atoms with van der Waals surface area (Å²) in [6, 6.07) is 12.5. The molecule has 0 fully saturated rings. The van der Waals surface area contributed by atoms with Crippen LogP contribution in [0.25, 0.3) is 11.5 Å². The molecule has 0 aliphatic heterocycles. The average Bonchev–Trinajstić information content (AvgIpc) is 3.08. The first-order valence-electron chi connectivity index (χ1n) is 6.76. The Bertz CT molecular complexity index is 742. The number of amides is 2. The Kier molecular flexibility index (Phi) is 4.10. The molecule has 110 valence electrons. The molecule has 0 aliphatic rings. The van der Waals surface area contributed by atoms with Crippen molar-refractivity contribution in [1.82, 2.24) is 15.3 Å². The van der Waals surface area contributed by atoms with E-state index in [9.17, 15) is 4.79 Å². The Morgan fingerprint density at radius 3 is 2.64 bits per heavy atom. The number of nitrogens with zero attached hydrogens (tertiary/aromatic N) is 2. The van der Waals surface area contributed by atoms with Crippen LogP contribution in [0.15, 0.2) is 65.5 Å². The van der Waals surface area contributed by atoms with Crippen LogP contribution in [0.1, 0.15) is 5.69 Å². The van der Waals surface area contributed by atoms with Crippen molar-refractivity contribution in [3.63, 3.8) is 0 Å². The van der Waals surface area contributed by atoms with Gasteiger partial charge in [0.25, 0.3) is 0 Å². The summed E-state index contributed by atoms with van der Waals surface area (Å²) in [5, 5.41) is 5.50. The molecule has 22 heavy (non-hydrogen) atoms. The highest BCUT2D eigenvalue weighted by atomic mass is 16.3. The van der Waals surface area contributed by atoms with E-state index < -0.39 is 0 Å². The van der Waals surface area contributed by atoms with Gasteiger partial charge in [-0.1, -0.05) is 18.2 Å². The fourth-order valence-corrected chi connectivity index (χ4v) is 1.98. The van der Waals surface area contributed by atoms with Crippen LogP contribution in [0.4, 0.5) is 10.5 Å². The molecule has 0 aliphatic carbocycles. The number of carbonyl (C=O) groups excluding carboxylic acids is 1. The first-order valence-corrected chi connectivity index (χ1v) is 6.76. The van der Waals surface area contributed by atoms with Gasteiger partial charge in [-0.15, -0.1) is 0 Å². The van der Waals surface area contributed by atoms with Crippen LogP contribution < -0.4 is 10.6 Å². The first-order chi connectivity index (χ1) is 10.8. The van der Waals surface area contributed by atoms with Crippen molar-refractivity contribution in [3.8, 4) is 11.5 Å². The fourth-order valence-electron chi connectivity index (χ4n) is 1.98. The molecule has 0 spiro atoms. The minimum absolute atomic E-state index is 0.253. The Morgan fingerprint density at radius 2 is 1.86 bits per heavy atom. The molecule has 0 atom stereocenters. The predicted molar refractivity (Wildman–Crippen MR) is 82.0 cm³/mol. The highest BCUT2D eigenvalue weighted by Crippen LogP contribution is 2.19. The zero-order valence-corrected chi connectivity index (χ0v) is 11.7. The number of urea groups is 1. The van der Waals surface area contributed by atoms with Gasteiger partial charge in [0.1, 0.15) is 5.69 Å². The summed E-state index contributed by atoms with van der Waals surface area (Å²) in [4.78, 5) is 20.4. The summed E-state index contributed by atoms with van der Waals surface area (Å²) >= 11 is 0. The van der Waals surface area contributed by atoms with Crippen LogP contribution in [0.3, 0.4) is 0 Å². The number of furan rings is 1. The highest BCUT2D eigenvalue weighted by molar-refractivity contribution is 5.89. The lowest BCUT2D eigenvalue weighted by Crippen LogP contribution is -2.28. The van der Waals surface area contributed by atoms with Gasteiger partial charge in [-0.05, 0) is 24.3 Å². The predicted octanol–water partition coefficient (Wildman–Crippen LogP) is 3.06. The van der Waals surface area contributed by atoms with Gasteiger partial charge < -0.3 is 15.1 Å². The van der Waals surface area contributed by atoms with Gasteiger partial charge in [0.05, 0.1) is 18.5 Å². The van der Waals surface area contributed by atoms with Crippen molar-refractivity contribution in [1.29, 1.82) is 0 Å². The largest absolute Gasteiger partial charge is 0.463 e. The van der Waals surface area contributed by atoms with Crippen LogP contribution >= 0.6 is 0 Å². The monoisotopic (exact) mass is 294 g/mol. The topological polar surface area (TPSA) is 80.1 Å². The standard InChI is InChI=1S/C16H14N4O2/c21-16(20-12-5-2-1-3-6-12)19-11-13-15(18-9-8-17-13)14-7-4-10-22-14/h1-10H,11H2,(H2,19,20,21). The van der Waals surface area contributed by atoms with Crippen molar-refractivity contribution in [2.24, 2.45) is 0 Å². The number of para-hydroxylation sites is 1. The van der Waals surface area contributed by atoms with Gasteiger partial charge in [0.15, 0.2) is 5.76 Å². The summed E-state index contributed by atoms with van der Waals surface area (Å²) in [5.41, 5.74) is 1.98. The molecule has 3 aromatic rings. The molecule has 0 bridgehead atoms. The minimum atomic E-state index is -0.303. The lowest BCUT2D eigenvalue weighted by molar-refractivity contribution is 0.251. The number of hydrogen-bond acceptors (Lipinski definition) is 4. The third-order valence-corrected chi connectivity index (χ3v) is 2.98. The average molecular weight is 294 g/mol. The zero-order valence-electron chi connectivity index (χ0n) is 11.7. The second-order valence-corrected chi connectivity index (χ2v) is 4.50. The summed E-state index contributed by atoms with van der Waals surface area (Å²) in [5.74, 6) is 0.619. The smallest absolute Gasteiger partial charge is 0.319 e. The van der Waals surface area contributed by atoms with E-state index in [1.54, 1.807) is 30.8 Å². The molecular formula is C16H14N4O2. The number of carbonyl (C=O) groups is 1. The fraction of sp³-hybridized carbons (Fsp3) is 0.0625. The lowest BCUT2D eigenvalue weighted by Gasteiger charge is -2.08. The van der Waals surface area contributed by atoms with Gasteiger partial charge >= 0.3 is 6.03 Å². The van der Waals surface area contributed by atoms with Crippen molar-refractivity contribution >= 4 is 11.7 Å². The van der Waals surface area contributed by atoms with Gasteiger partial charge in [-0.25, -0.2) is 9.78 Å². The van der Waals surface area contributed by atoms with Crippen LogP contribution in [0, 0.1) is 0 Å². The molecule has 1 aromatic carbocycles. The van der Waals surface area contributed by atoms with Crippen LogP contribution in [-0.4, -0.2) is 16.0 Å². The maximum absolute atomic E-state index is 11.9. The molecule has 3 rings (SSSR count). The van der Waals surface area contributed by atoms with Crippen molar-refractivity contribution in [3.05, 3.63) is 66.8 Å². The summed E-state index contributed by atoms with van der Waals surface area (Å²) in [6.45, 7) is 0.253. The Morgan fingerprint density at radius 1 is 1.05 bits per heavy atom. The van der Waals surface area contributed by atoms with Crippen molar-refractivity contribution < 1.29 is 9.21 Å². The third kappa shape index (κ3) is 3.29. The van der Waals surface area contributed by atoms with Gasteiger partial charge in [-0.3, -0.25) is 4.98 Å². The van der Waals surface area contributed by atoms with Gasteiger partial charge in [0.2, 0.25) is 0 Å². The molecule has 2 amide bonds. The number of anilines is 1. The zero-order chi connectivity index (χ0) is 15.2. The third-order valence-electron chi connectivity index (χ3n) is 2.98. The number of hydrogen-bond donors (Lipinski definition) is 2. The normalized spacial score (nSPS) is 10.2. The van der Waals surface area contributed by atoms with Gasteiger partial charge in [0, 0.05) is 18.1 Å². The number of benzene rings is 1. The quantitative estimate of drug-likeness (QED) is 0.775. The second kappa shape index (κ2) is 6.53. The maximum atomic E-state index is 11.9. The Labute approximate surface area is 127 Å². The molecule has 6 heteroatoms.